The molecule has 1 aromatic rings. The third kappa shape index (κ3) is 4.66. The van der Waals surface area contributed by atoms with E-state index < -0.39 is 17.9 Å². The molecule has 0 bridgehead atoms. The molecule has 0 amide bonds. The van der Waals surface area contributed by atoms with Gasteiger partial charge in [-0.1, -0.05) is 6.07 Å². The van der Waals surface area contributed by atoms with Crippen molar-refractivity contribution >= 4 is 11.9 Å². The quantitative estimate of drug-likeness (QED) is 0.634. The number of benzene rings is 1. The molecule has 0 fully saturated rings. The minimum absolute atomic E-state index is 0.00544. The zero-order valence-electron chi connectivity index (χ0n) is 17.3. The Balaban J connectivity index is 2.73. The second-order valence-electron chi connectivity index (χ2n) is 6.07. The van der Waals surface area contributed by atoms with E-state index in [0.29, 0.717) is 17.1 Å². The van der Waals surface area contributed by atoms with Crippen molar-refractivity contribution in [3.63, 3.8) is 0 Å². The van der Waals surface area contributed by atoms with Gasteiger partial charge < -0.3 is 29.4 Å². The zero-order valence-corrected chi connectivity index (χ0v) is 17.3. The van der Waals surface area contributed by atoms with E-state index in [1.165, 1.54) is 14.2 Å². The Labute approximate surface area is 174 Å². The molecule has 0 unspecified atom stereocenters. The van der Waals surface area contributed by atoms with E-state index in [-0.39, 0.29) is 42.4 Å². The molecule has 9 heteroatoms. The van der Waals surface area contributed by atoms with Crippen LogP contribution in [0.15, 0.2) is 41.0 Å². The first kappa shape index (κ1) is 22.6. The average molecular weight is 416 g/mol. The highest BCUT2D eigenvalue weighted by atomic mass is 16.5. The largest absolute Gasteiger partial charge is 0.497 e. The van der Waals surface area contributed by atoms with Crippen molar-refractivity contribution in [2.75, 3.05) is 27.4 Å². The number of carbonyl (C=O) groups is 2. The molecule has 9 nitrogen and oxygen atoms in total. The normalized spacial score (nSPS) is 15.8. The highest BCUT2D eigenvalue weighted by Crippen LogP contribution is 2.44. The summed E-state index contributed by atoms with van der Waals surface area (Å²) in [7, 11) is 2.95. The molecule has 0 aliphatic carbocycles. The van der Waals surface area contributed by atoms with Crippen LogP contribution in [0, 0.1) is 11.3 Å². The highest BCUT2D eigenvalue weighted by Gasteiger charge is 2.39. The Bertz CT molecular complexity index is 928. The molecule has 0 spiro atoms. The molecule has 2 rings (SSSR count). The predicted molar refractivity (Wildman–Crippen MR) is 105 cm³/mol. The van der Waals surface area contributed by atoms with Crippen LogP contribution in [0.1, 0.15) is 31.7 Å². The fourth-order valence-corrected chi connectivity index (χ4v) is 3.09. The number of ether oxygens (including phenoxy) is 5. The van der Waals surface area contributed by atoms with Gasteiger partial charge in [-0.2, -0.15) is 5.26 Å². The van der Waals surface area contributed by atoms with Gasteiger partial charge in [-0.05, 0) is 19.9 Å². The number of allylic oxidation sites excluding steroid dienone is 1. The van der Waals surface area contributed by atoms with Crippen LogP contribution in [-0.4, -0.2) is 39.4 Å². The summed E-state index contributed by atoms with van der Waals surface area (Å²) in [6.07, 6.45) is -0.351. The predicted octanol–water partition coefficient (Wildman–Crippen LogP) is 2.28. The van der Waals surface area contributed by atoms with Gasteiger partial charge in [0, 0.05) is 11.6 Å². The van der Waals surface area contributed by atoms with Crippen molar-refractivity contribution < 1.29 is 33.3 Å². The summed E-state index contributed by atoms with van der Waals surface area (Å²) < 4.78 is 26.3. The Hall–Kier alpha value is -3.67. The maximum atomic E-state index is 12.9. The lowest BCUT2D eigenvalue weighted by Gasteiger charge is -2.28. The van der Waals surface area contributed by atoms with Gasteiger partial charge in [0.05, 0.1) is 38.9 Å². The van der Waals surface area contributed by atoms with Gasteiger partial charge in [0.15, 0.2) is 0 Å². The zero-order chi connectivity index (χ0) is 22.3. The van der Waals surface area contributed by atoms with Gasteiger partial charge in [-0.15, -0.1) is 0 Å². The van der Waals surface area contributed by atoms with Crippen molar-refractivity contribution in [1.82, 2.24) is 0 Å². The number of nitrogens with zero attached hydrogens (tertiary/aromatic N) is 1. The third-order valence-corrected chi connectivity index (χ3v) is 4.35. The van der Waals surface area contributed by atoms with Crippen molar-refractivity contribution in [2.24, 2.45) is 5.73 Å². The maximum absolute atomic E-state index is 12.9. The molecule has 1 aromatic carbocycles. The fourth-order valence-electron chi connectivity index (χ4n) is 3.09. The molecule has 30 heavy (non-hydrogen) atoms. The molecule has 0 aromatic heterocycles. The summed E-state index contributed by atoms with van der Waals surface area (Å²) in [4.78, 5) is 25.0. The van der Waals surface area contributed by atoms with E-state index in [4.69, 9.17) is 29.4 Å². The molecule has 1 atom stereocenters. The van der Waals surface area contributed by atoms with Crippen molar-refractivity contribution in [3.8, 4) is 17.6 Å². The van der Waals surface area contributed by atoms with E-state index in [1.54, 1.807) is 32.0 Å². The summed E-state index contributed by atoms with van der Waals surface area (Å²) in [5.74, 6) is -1.68. The molecular weight excluding hydrogens is 392 g/mol. The Morgan fingerprint density at radius 2 is 1.87 bits per heavy atom. The average Bonchev–Trinajstić information content (AvgIpc) is 2.73. The molecule has 0 radical (unpaired) electrons. The van der Waals surface area contributed by atoms with E-state index >= 15 is 0 Å². The van der Waals surface area contributed by atoms with Crippen LogP contribution < -0.4 is 15.2 Å². The fraction of sp³-hybridized carbons (Fsp3) is 0.381. The van der Waals surface area contributed by atoms with Crippen LogP contribution in [0.3, 0.4) is 0 Å². The minimum atomic E-state index is -0.965. The van der Waals surface area contributed by atoms with E-state index in [0.717, 1.165) is 0 Å². The summed E-state index contributed by atoms with van der Waals surface area (Å²) in [6, 6.07) is 6.92. The van der Waals surface area contributed by atoms with Crippen LogP contribution in [0.2, 0.25) is 0 Å². The van der Waals surface area contributed by atoms with Gasteiger partial charge in [0.1, 0.15) is 35.3 Å². The first-order valence-electron chi connectivity index (χ1n) is 9.26. The number of rotatable bonds is 8. The van der Waals surface area contributed by atoms with Crippen LogP contribution in [0.5, 0.6) is 11.5 Å². The molecule has 0 saturated carbocycles. The smallest absolute Gasteiger partial charge is 0.338 e. The summed E-state index contributed by atoms with van der Waals surface area (Å²) in [5, 5.41) is 9.74. The van der Waals surface area contributed by atoms with Gasteiger partial charge in [0.25, 0.3) is 0 Å². The second-order valence-corrected chi connectivity index (χ2v) is 6.07. The summed E-state index contributed by atoms with van der Waals surface area (Å²) in [5.41, 5.74) is 6.42. The lowest BCUT2D eigenvalue weighted by atomic mass is 9.82. The SMILES string of the molecule is CCOC(=O)CC1=C(C(=O)OCC)[C@@H](c2ccc(OC)cc2OC)C(C#N)=C(N)O1. The second kappa shape index (κ2) is 10.2. The maximum Gasteiger partial charge on any atom is 0.338 e. The molecule has 1 heterocycles. The van der Waals surface area contributed by atoms with Crippen molar-refractivity contribution in [1.29, 1.82) is 5.26 Å². The van der Waals surface area contributed by atoms with Crippen LogP contribution in [0.25, 0.3) is 0 Å². The third-order valence-electron chi connectivity index (χ3n) is 4.35. The van der Waals surface area contributed by atoms with E-state index in [9.17, 15) is 14.9 Å². The van der Waals surface area contributed by atoms with Crippen LogP contribution >= 0.6 is 0 Å². The molecule has 160 valence electrons. The number of hydrogen-bond acceptors (Lipinski definition) is 9. The minimum Gasteiger partial charge on any atom is -0.497 e. The first-order valence-corrected chi connectivity index (χ1v) is 9.26. The van der Waals surface area contributed by atoms with Gasteiger partial charge >= 0.3 is 11.9 Å². The number of nitrogens with two attached hydrogens (primary N) is 1. The highest BCUT2D eigenvalue weighted by molar-refractivity contribution is 5.94. The summed E-state index contributed by atoms with van der Waals surface area (Å²) in [6.45, 7) is 3.55. The Morgan fingerprint density at radius 3 is 2.43 bits per heavy atom. The number of carbonyl (C=O) groups excluding carboxylic acids is 2. The molecule has 1 aliphatic rings. The molecule has 2 N–H and O–H groups in total. The van der Waals surface area contributed by atoms with Crippen LogP contribution in [-0.2, 0) is 23.8 Å². The number of esters is 2. The number of methoxy groups -OCH3 is 2. The lowest BCUT2D eigenvalue weighted by Crippen LogP contribution is -2.27. The van der Waals surface area contributed by atoms with Crippen molar-refractivity contribution in [3.05, 3.63) is 46.6 Å². The standard InChI is InChI=1S/C21H24N2O7/c1-5-28-17(24)10-16-19(21(25)29-6-2)18(14(11-22)20(23)30-16)13-8-7-12(26-3)9-15(13)27-4/h7-9,18H,5-6,10,23H2,1-4H3/t18-/m0/s1. The van der Waals surface area contributed by atoms with Gasteiger partial charge in [-0.25, -0.2) is 4.79 Å². The topological polar surface area (TPSA) is 130 Å². The number of hydrogen-bond donors (Lipinski definition) is 1. The molecular formula is C21H24N2O7. The molecule has 1 aliphatic heterocycles. The lowest BCUT2D eigenvalue weighted by molar-refractivity contribution is -0.143. The molecule has 0 saturated heterocycles. The van der Waals surface area contributed by atoms with E-state index in [2.05, 4.69) is 0 Å². The monoisotopic (exact) mass is 416 g/mol. The van der Waals surface area contributed by atoms with Crippen LogP contribution in [0.4, 0.5) is 0 Å². The Kier molecular flexibility index (Phi) is 7.69. The first-order chi connectivity index (χ1) is 14.4. The number of nitriles is 1. The van der Waals surface area contributed by atoms with Gasteiger partial charge in [-0.3, -0.25) is 4.79 Å². The van der Waals surface area contributed by atoms with E-state index in [1.807, 2.05) is 6.07 Å². The summed E-state index contributed by atoms with van der Waals surface area (Å²) >= 11 is 0. The Morgan fingerprint density at radius 1 is 1.17 bits per heavy atom. The van der Waals surface area contributed by atoms with Gasteiger partial charge in [0.2, 0.25) is 5.88 Å². The van der Waals surface area contributed by atoms with Crippen molar-refractivity contribution in [2.45, 2.75) is 26.2 Å².